The average molecular weight is 460 g/mol. The summed E-state index contributed by atoms with van der Waals surface area (Å²) < 4.78 is 27.2. The minimum atomic E-state index is -0.386. The van der Waals surface area contributed by atoms with Gasteiger partial charge in [0, 0.05) is 30.8 Å². The van der Waals surface area contributed by atoms with Crippen LogP contribution in [0, 0.1) is 5.82 Å². The Kier molecular flexibility index (Phi) is 6.40. The highest BCUT2D eigenvalue weighted by atomic mass is 19.1. The fourth-order valence-electron chi connectivity index (χ4n) is 3.95. The van der Waals surface area contributed by atoms with E-state index in [1.807, 2.05) is 59.3 Å². The number of morpholine rings is 1. The van der Waals surface area contributed by atoms with E-state index in [0.29, 0.717) is 42.6 Å². The molecule has 0 bridgehead atoms. The second kappa shape index (κ2) is 9.93. The Morgan fingerprint density at radius 1 is 1.00 bits per heavy atom. The maximum absolute atomic E-state index is 14.8. The molecule has 1 N–H and O–H groups in total. The predicted molar refractivity (Wildman–Crippen MR) is 130 cm³/mol. The van der Waals surface area contributed by atoms with E-state index in [4.69, 9.17) is 19.6 Å². The summed E-state index contributed by atoms with van der Waals surface area (Å²) in [5.41, 5.74) is 2.03. The Balaban J connectivity index is 1.48. The van der Waals surface area contributed by atoms with Crippen LogP contribution < -0.4 is 15.0 Å². The average Bonchev–Trinajstić information content (AvgIpc) is 3.26. The number of aromatic nitrogens is 3. The molecule has 0 radical (unpaired) electrons. The maximum atomic E-state index is 14.8. The largest absolute Gasteiger partial charge is 0.497 e. The number of hydrogen-bond acceptors (Lipinski definition) is 6. The lowest BCUT2D eigenvalue weighted by atomic mass is 10.1. The van der Waals surface area contributed by atoms with Gasteiger partial charge in [-0.1, -0.05) is 36.4 Å². The molecule has 1 fully saturated rings. The molecule has 1 saturated heterocycles. The van der Waals surface area contributed by atoms with Gasteiger partial charge in [-0.2, -0.15) is 5.10 Å². The molecule has 0 saturated carbocycles. The van der Waals surface area contributed by atoms with Gasteiger partial charge in [0.2, 0.25) is 0 Å². The summed E-state index contributed by atoms with van der Waals surface area (Å²) in [5.74, 6) is 2.39. The van der Waals surface area contributed by atoms with Crippen LogP contribution in [0.25, 0.3) is 11.3 Å². The van der Waals surface area contributed by atoms with Crippen LogP contribution in [0.2, 0.25) is 0 Å². The number of ether oxygens (including phenoxy) is 2. The van der Waals surface area contributed by atoms with Crippen LogP contribution in [0.15, 0.2) is 72.8 Å². The third-order valence-electron chi connectivity index (χ3n) is 5.73. The van der Waals surface area contributed by atoms with E-state index < -0.39 is 0 Å². The van der Waals surface area contributed by atoms with Crippen LogP contribution >= 0.6 is 0 Å². The molecule has 0 spiro atoms. The van der Waals surface area contributed by atoms with Crippen LogP contribution in [0.5, 0.6) is 5.75 Å². The van der Waals surface area contributed by atoms with E-state index >= 15 is 0 Å². The van der Waals surface area contributed by atoms with Gasteiger partial charge < -0.3 is 19.7 Å². The van der Waals surface area contributed by atoms with Gasteiger partial charge in [-0.3, -0.25) is 0 Å². The third-order valence-corrected chi connectivity index (χ3v) is 5.73. The fraction of sp³-hybridized carbons (Fsp3) is 0.231. The van der Waals surface area contributed by atoms with Gasteiger partial charge in [0.25, 0.3) is 0 Å². The molecule has 1 aliphatic rings. The van der Waals surface area contributed by atoms with Gasteiger partial charge in [-0.05, 0) is 29.8 Å². The molecular formula is C26H26FN5O2. The molecular weight excluding hydrogens is 433 g/mol. The smallest absolute Gasteiger partial charge is 0.136 e. The third kappa shape index (κ3) is 4.87. The Hall–Kier alpha value is -3.91. The van der Waals surface area contributed by atoms with Crippen LogP contribution in [0.1, 0.15) is 5.56 Å². The standard InChI is InChI=1S/C26H26FN5O2/c1-33-20-10-11-21(22(27)16-20)23-17-26(32(30-23)18-19-6-3-2-4-7-19)29-24-8-5-9-25(28-24)31-12-14-34-15-13-31/h2-11,16-17H,12-15,18H2,1H3,(H,28,29). The lowest BCUT2D eigenvalue weighted by molar-refractivity contribution is 0.122. The predicted octanol–water partition coefficient (Wildman–Crippen LogP) is 4.72. The van der Waals surface area contributed by atoms with Gasteiger partial charge in [0.05, 0.1) is 32.6 Å². The molecule has 3 heterocycles. The fourth-order valence-corrected chi connectivity index (χ4v) is 3.95. The van der Waals surface area contributed by atoms with Gasteiger partial charge in [-0.15, -0.1) is 0 Å². The summed E-state index contributed by atoms with van der Waals surface area (Å²) in [6, 6.07) is 22.5. The van der Waals surface area contributed by atoms with Gasteiger partial charge in [0.1, 0.15) is 29.0 Å². The highest BCUT2D eigenvalue weighted by Crippen LogP contribution is 2.29. The highest BCUT2D eigenvalue weighted by Gasteiger charge is 2.16. The Bertz CT molecular complexity index is 1260. The van der Waals surface area contributed by atoms with E-state index in [1.54, 1.807) is 12.1 Å². The number of halogens is 1. The number of nitrogens with zero attached hydrogens (tertiary/aromatic N) is 4. The number of nitrogens with one attached hydrogen (secondary N) is 1. The molecule has 174 valence electrons. The first-order valence-corrected chi connectivity index (χ1v) is 11.2. The molecule has 0 amide bonds. The molecule has 2 aromatic heterocycles. The molecule has 8 heteroatoms. The van der Waals surface area contributed by atoms with Crippen molar-refractivity contribution in [3.05, 3.63) is 84.2 Å². The van der Waals surface area contributed by atoms with E-state index in [9.17, 15) is 4.39 Å². The molecule has 4 aromatic rings. The zero-order valence-electron chi connectivity index (χ0n) is 18.9. The SMILES string of the molecule is COc1ccc(-c2cc(Nc3cccc(N4CCOCC4)n3)n(Cc3ccccc3)n2)c(F)c1. The number of rotatable bonds is 7. The van der Waals surface area contributed by atoms with Crippen molar-refractivity contribution in [2.24, 2.45) is 0 Å². The summed E-state index contributed by atoms with van der Waals surface area (Å²) in [5, 5.41) is 8.11. The maximum Gasteiger partial charge on any atom is 0.136 e. The lowest BCUT2D eigenvalue weighted by Crippen LogP contribution is -2.36. The minimum absolute atomic E-state index is 0.386. The molecule has 34 heavy (non-hydrogen) atoms. The lowest BCUT2D eigenvalue weighted by Gasteiger charge is -2.28. The minimum Gasteiger partial charge on any atom is -0.497 e. The Morgan fingerprint density at radius 3 is 2.59 bits per heavy atom. The van der Waals surface area contributed by atoms with Crippen molar-refractivity contribution >= 4 is 17.5 Å². The van der Waals surface area contributed by atoms with E-state index in [1.165, 1.54) is 13.2 Å². The summed E-state index contributed by atoms with van der Waals surface area (Å²) in [4.78, 5) is 6.99. The van der Waals surface area contributed by atoms with Crippen molar-refractivity contribution in [1.82, 2.24) is 14.8 Å². The molecule has 1 aliphatic heterocycles. The second-order valence-corrected chi connectivity index (χ2v) is 8.01. The number of methoxy groups -OCH3 is 1. The van der Waals surface area contributed by atoms with Gasteiger partial charge >= 0.3 is 0 Å². The summed E-state index contributed by atoms with van der Waals surface area (Å²) in [7, 11) is 1.52. The number of hydrogen-bond donors (Lipinski definition) is 1. The Morgan fingerprint density at radius 2 is 1.82 bits per heavy atom. The van der Waals surface area contributed by atoms with Crippen molar-refractivity contribution in [1.29, 1.82) is 0 Å². The summed E-state index contributed by atoms with van der Waals surface area (Å²) in [6.45, 7) is 3.54. The van der Waals surface area contributed by atoms with Crippen molar-refractivity contribution < 1.29 is 13.9 Å². The van der Waals surface area contributed by atoms with Crippen molar-refractivity contribution in [2.45, 2.75) is 6.54 Å². The molecule has 0 atom stereocenters. The molecule has 2 aromatic carbocycles. The van der Waals surface area contributed by atoms with Crippen LogP contribution in [0.4, 0.5) is 21.8 Å². The van der Waals surface area contributed by atoms with Gasteiger partial charge in [0.15, 0.2) is 0 Å². The quantitative estimate of drug-likeness (QED) is 0.431. The summed E-state index contributed by atoms with van der Waals surface area (Å²) in [6.07, 6.45) is 0. The first kappa shape index (κ1) is 21.9. The van der Waals surface area contributed by atoms with Crippen LogP contribution in [0.3, 0.4) is 0 Å². The topological polar surface area (TPSA) is 64.4 Å². The number of pyridine rings is 1. The van der Waals surface area contributed by atoms with E-state index in [2.05, 4.69) is 10.2 Å². The van der Waals surface area contributed by atoms with Gasteiger partial charge in [-0.25, -0.2) is 14.1 Å². The number of benzene rings is 2. The molecule has 5 rings (SSSR count). The Labute approximate surface area is 197 Å². The van der Waals surface area contributed by atoms with E-state index in [-0.39, 0.29) is 5.82 Å². The molecule has 7 nitrogen and oxygen atoms in total. The van der Waals surface area contributed by atoms with E-state index in [0.717, 1.165) is 30.3 Å². The number of anilines is 3. The first-order chi connectivity index (χ1) is 16.7. The molecule has 0 unspecified atom stereocenters. The first-order valence-electron chi connectivity index (χ1n) is 11.2. The molecule has 0 aliphatic carbocycles. The van der Waals surface area contributed by atoms with Crippen molar-refractivity contribution in [3.63, 3.8) is 0 Å². The van der Waals surface area contributed by atoms with Crippen LogP contribution in [-0.2, 0) is 11.3 Å². The summed E-state index contributed by atoms with van der Waals surface area (Å²) >= 11 is 0. The zero-order valence-corrected chi connectivity index (χ0v) is 18.9. The van der Waals surface area contributed by atoms with Crippen LogP contribution in [-0.4, -0.2) is 48.2 Å². The zero-order chi connectivity index (χ0) is 23.3. The highest BCUT2D eigenvalue weighted by molar-refractivity contribution is 5.67. The van der Waals surface area contributed by atoms with Crippen molar-refractivity contribution in [2.75, 3.05) is 43.6 Å². The second-order valence-electron chi connectivity index (χ2n) is 8.01. The normalized spacial score (nSPS) is 13.6. The van der Waals surface area contributed by atoms with Crippen molar-refractivity contribution in [3.8, 4) is 17.0 Å². The monoisotopic (exact) mass is 459 g/mol.